The molecule has 3 aliphatic rings. The molecule has 4 N–H and O–H groups in total. The van der Waals surface area contributed by atoms with Crippen molar-refractivity contribution in [3.05, 3.63) is 41.0 Å². The third kappa shape index (κ3) is 9.17. The summed E-state index contributed by atoms with van der Waals surface area (Å²) in [6.07, 6.45) is 1.79. The van der Waals surface area contributed by atoms with Gasteiger partial charge < -0.3 is 30.9 Å². The van der Waals surface area contributed by atoms with E-state index in [1.165, 1.54) is 17.7 Å². The predicted molar refractivity (Wildman–Crippen MR) is 185 cm³/mol. The van der Waals surface area contributed by atoms with Gasteiger partial charge in [0.2, 0.25) is 17.7 Å². The fourth-order valence-electron chi connectivity index (χ4n) is 6.98. The first-order chi connectivity index (χ1) is 22.4. The highest BCUT2D eigenvalue weighted by Gasteiger charge is 2.44. The van der Waals surface area contributed by atoms with Gasteiger partial charge in [-0.25, -0.2) is 4.98 Å². The quantitative estimate of drug-likeness (QED) is 0.304. The highest BCUT2D eigenvalue weighted by molar-refractivity contribution is 7.13. The van der Waals surface area contributed by atoms with Crippen molar-refractivity contribution in [2.45, 2.75) is 78.1 Å². The van der Waals surface area contributed by atoms with Gasteiger partial charge in [-0.3, -0.25) is 19.3 Å². The molecule has 3 fully saturated rings. The number of benzene rings is 1. The van der Waals surface area contributed by atoms with Crippen LogP contribution in [0.1, 0.15) is 64.3 Å². The average Bonchev–Trinajstić information content (AvgIpc) is 3.66. The summed E-state index contributed by atoms with van der Waals surface area (Å²) in [4.78, 5) is 52.5. The van der Waals surface area contributed by atoms with E-state index in [9.17, 15) is 19.5 Å². The Balaban J connectivity index is 1.16. The van der Waals surface area contributed by atoms with E-state index in [4.69, 9.17) is 0 Å². The molecule has 2 unspecified atom stereocenters. The lowest BCUT2D eigenvalue weighted by Crippen LogP contribution is -2.59. The van der Waals surface area contributed by atoms with Gasteiger partial charge in [0, 0.05) is 45.7 Å². The molecule has 3 aliphatic heterocycles. The van der Waals surface area contributed by atoms with Gasteiger partial charge in [-0.15, -0.1) is 11.3 Å². The van der Waals surface area contributed by atoms with Gasteiger partial charge in [0.1, 0.15) is 12.1 Å². The number of aliphatic hydroxyl groups is 1. The van der Waals surface area contributed by atoms with Crippen LogP contribution in [0.2, 0.25) is 0 Å². The van der Waals surface area contributed by atoms with Gasteiger partial charge in [-0.2, -0.15) is 0 Å². The second-order valence-corrected chi connectivity index (χ2v) is 15.5. The molecule has 3 amide bonds. The molecule has 12 heteroatoms. The molecule has 0 aliphatic carbocycles. The molecule has 0 saturated carbocycles. The van der Waals surface area contributed by atoms with Crippen LogP contribution < -0.4 is 16.0 Å². The summed E-state index contributed by atoms with van der Waals surface area (Å²) in [6, 6.07) is 6.08. The van der Waals surface area contributed by atoms with E-state index >= 15 is 0 Å². The monoisotopic (exact) mass is 667 g/mol. The van der Waals surface area contributed by atoms with E-state index in [0.29, 0.717) is 0 Å². The molecule has 11 nitrogen and oxygen atoms in total. The molecule has 1 aromatic carbocycles. The lowest BCUT2D eigenvalue weighted by Gasteiger charge is -2.38. The largest absolute Gasteiger partial charge is 0.391 e. The van der Waals surface area contributed by atoms with Crippen molar-refractivity contribution >= 4 is 29.1 Å². The van der Waals surface area contributed by atoms with E-state index in [-0.39, 0.29) is 43.3 Å². The van der Waals surface area contributed by atoms with Crippen molar-refractivity contribution in [3.63, 3.8) is 0 Å². The number of nitrogens with one attached hydrogen (secondary N) is 3. The normalized spacial score (nSPS) is 23.0. The van der Waals surface area contributed by atoms with Gasteiger partial charge in [-0.1, -0.05) is 45.0 Å². The molecule has 0 radical (unpaired) electrons. The number of nitrogens with zero attached hydrogens (tertiary/aromatic N) is 4. The van der Waals surface area contributed by atoms with Crippen LogP contribution in [0.5, 0.6) is 0 Å². The summed E-state index contributed by atoms with van der Waals surface area (Å²) in [6.45, 7) is 16.8. The zero-order chi connectivity index (χ0) is 33.7. The molecule has 3 saturated heterocycles. The fraction of sp³-hybridized carbons (Fsp3) is 0.657. The number of hydrogen-bond donors (Lipinski definition) is 4. The van der Waals surface area contributed by atoms with E-state index in [1.807, 2.05) is 64.4 Å². The number of likely N-dealkylation sites (tertiary alicyclic amines) is 1. The third-order valence-corrected chi connectivity index (χ3v) is 10.8. The van der Waals surface area contributed by atoms with Crippen molar-refractivity contribution in [1.82, 2.24) is 35.6 Å². The van der Waals surface area contributed by atoms with E-state index in [2.05, 4.69) is 30.7 Å². The smallest absolute Gasteiger partial charge is 0.246 e. The summed E-state index contributed by atoms with van der Waals surface area (Å²) >= 11 is 1.59. The topological polar surface area (TPSA) is 130 Å². The molecule has 47 heavy (non-hydrogen) atoms. The van der Waals surface area contributed by atoms with Gasteiger partial charge in [-0.05, 0) is 62.2 Å². The molecule has 4 heterocycles. The fourth-order valence-corrected chi connectivity index (χ4v) is 7.80. The number of thiazole rings is 1. The van der Waals surface area contributed by atoms with Crippen LogP contribution in [0.15, 0.2) is 29.8 Å². The van der Waals surface area contributed by atoms with E-state index in [0.717, 1.165) is 73.4 Å². The number of aryl methyl sites for hydroxylation is 1. The summed E-state index contributed by atoms with van der Waals surface area (Å²) in [5.41, 5.74) is 4.24. The van der Waals surface area contributed by atoms with Crippen molar-refractivity contribution in [2.75, 3.05) is 58.9 Å². The first-order valence-electron chi connectivity index (χ1n) is 17.1. The Morgan fingerprint density at radius 3 is 2.32 bits per heavy atom. The van der Waals surface area contributed by atoms with Crippen LogP contribution in [0, 0.1) is 18.3 Å². The van der Waals surface area contributed by atoms with Crippen LogP contribution in [-0.4, -0.2) is 120 Å². The molecule has 2 aromatic rings. The SMILES string of the molecule is Cc1ncsc1-c1ccc([C@H](C)NC(=O)C2CC(O)CN2C(=O)[C@@H](NC(=O)CN2CCN(CC3CCNCC3)CC2)C(C)(C)C)cc1. The Hall–Kier alpha value is -2.90. The van der Waals surface area contributed by atoms with Crippen LogP contribution in [-0.2, 0) is 14.4 Å². The zero-order valence-electron chi connectivity index (χ0n) is 28.6. The lowest BCUT2D eigenvalue weighted by molar-refractivity contribution is -0.144. The number of hydrogen-bond acceptors (Lipinski definition) is 9. The second-order valence-electron chi connectivity index (χ2n) is 14.7. The summed E-state index contributed by atoms with van der Waals surface area (Å²) in [7, 11) is 0. The van der Waals surface area contributed by atoms with Gasteiger partial charge in [0.05, 0.1) is 34.8 Å². The standard InChI is InChI=1S/C35H53N7O4S/c1-23(26-6-8-27(9-7-26)31-24(2)37-22-47-31)38-33(45)29-18-28(43)20-42(29)34(46)32(35(3,4)5)39-30(44)21-41-16-14-40(15-17-41)19-25-10-12-36-13-11-25/h6-9,22-23,25,28-29,32,36,43H,10-21H2,1-5H3,(H,38,45)(H,39,44)/t23-,28?,29?,32+/m0/s1. The van der Waals surface area contributed by atoms with Crippen LogP contribution in [0.3, 0.4) is 0 Å². The van der Waals surface area contributed by atoms with Crippen LogP contribution in [0.4, 0.5) is 0 Å². The van der Waals surface area contributed by atoms with Crippen molar-refractivity contribution in [3.8, 4) is 10.4 Å². The number of rotatable bonds is 10. The minimum Gasteiger partial charge on any atom is -0.391 e. The maximum absolute atomic E-state index is 14.0. The number of piperazine rings is 1. The number of β-amino-alcohol motifs (C(OH)–C–C–N with tert-alkyl or cyclic N) is 1. The molecule has 1 aromatic heterocycles. The molecular formula is C35H53N7O4S. The number of aromatic nitrogens is 1. The maximum Gasteiger partial charge on any atom is 0.246 e. The number of carbonyl (C=O) groups excluding carboxylic acids is 3. The summed E-state index contributed by atoms with van der Waals surface area (Å²) < 4.78 is 0. The van der Waals surface area contributed by atoms with E-state index in [1.54, 1.807) is 11.3 Å². The molecule has 4 atom stereocenters. The first kappa shape index (κ1) is 35.4. The number of piperidine rings is 1. The Morgan fingerprint density at radius 2 is 1.70 bits per heavy atom. The number of carbonyl (C=O) groups is 3. The first-order valence-corrected chi connectivity index (χ1v) is 18.0. The summed E-state index contributed by atoms with van der Waals surface area (Å²) in [5, 5.41) is 20.1. The Labute approximate surface area is 283 Å². The highest BCUT2D eigenvalue weighted by Crippen LogP contribution is 2.29. The average molecular weight is 668 g/mol. The van der Waals surface area contributed by atoms with Crippen LogP contribution in [0.25, 0.3) is 10.4 Å². The molecule has 258 valence electrons. The van der Waals surface area contributed by atoms with Gasteiger partial charge in [0.25, 0.3) is 0 Å². The molecular weight excluding hydrogens is 614 g/mol. The number of aliphatic hydroxyl groups excluding tert-OH is 1. The Kier molecular flexibility index (Phi) is 11.7. The van der Waals surface area contributed by atoms with Crippen molar-refractivity contribution in [2.24, 2.45) is 11.3 Å². The lowest BCUT2D eigenvalue weighted by atomic mass is 9.85. The van der Waals surface area contributed by atoms with Crippen molar-refractivity contribution in [1.29, 1.82) is 0 Å². The number of amides is 3. The predicted octanol–water partition coefficient (Wildman–Crippen LogP) is 2.41. The molecule has 0 spiro atoms. The Bertz CT molecular complexity index is 1360. The second kappa shape index (κ2) is 15.5. The van der Waals surface area contributed by atoms with Crippen molar-refractivity contribution < 1.29 is 19.5 Å². The Morgan fingerprint density at radius 1 is 1.04 bits per heavy atom. The van der Waals surface area contributed by atoms with Gasteiger partial charge in [0.15, 0.2) is 0 Å². The zero-order valence-corrected chi connectivity index (χ0v) is 29.4. The molecule has 5 rings (SSSR count). The van der Waals surface area contributed by atoms with E-state index < -0.39 is 23.6 Å². The van der Waals surface area contributed by atoms with Crippen LogP contribution >= 0.6 is 11.3 Å². The summed E-state index contributed by atoms with van der Waals surface area (Å²) in [5.74, 6) is -0.109. The third-order valence-electron chi connectivity index (χ3n) is 9.87. The minimum atomic E-state index is -0.836. The highest BCUT2D eigenvalue weighted by atomic mass is 32.1. The minimum absolute atomic E-state index is 0.0513. The van der Waals surface area contributed by atoms with Gasteiger partial charge >= 0.3 is 0 Å². The maximum atomic E-state index is 14.0. The molecule has 0 bridgehead atoms.